The molecule has 24 heavy (non-hydrogen) atoms. The van der Waals surface area contributed by atoms with Crippen LogP contribution in [0, 0.1) is 5.41 Å². The molecular formula is C17H25N3O4. The van der Waals surface area contributed by atoms with E-state index in [9.17, 15) is 14.4 Å². The zero-order valence-corrected chi connectivity index (χ0v) is 14.0. The lowest BCUT2D eigenvalue weighted by atomic mass is 9.55. The van der Waals surface area contributed by atoms with Gasteiger partial charge in [0.25, 0.3) is 5.56 Å². The Morgan fingerprint density at radius 1 is 1.38 bits per heavy atom. The summed E-state index contributed by atoms with van der Waals surface area (Å²) in [7, 11) is 0. The third-order valence-electron chi connectivity index (χ3n) is 5.48. The Morgan fingerprint density at radius 3 is 2.79 bits per heavy atom. The molecule has 2 aliphatic rings. The Morgan fingerprint density at radius 2 is 2.12 bits per heavy atom. The number of H-pyrrole nitrogens is 1. The Balaban J connectivity index is 1.65. The molecule has 2 aliphatic carbocycles. The van der Waals surface area contributed by atoms with Gasteiger partial charge in [-0.1, -0.05) is 19.3 Å². The van der Waals surface area contributed by atoms with Gasteiger partial charge in [0, 0.05) is 30.3 Å². The molecule has 2 N–H and O–H groups in total. The van der Waals surface area contributed by atoms with Crippen LogP contribution < -0.4 is 16.6 Å². The maximum Gasteiger partial charge on any atom is 0.328 e. The molecule has 3 rings (SSSR count). The first-order valence-corrected chi connectivity index (χ1v) is 8.76. The molecule has 0 unspecified atom stereocenters. The normalized spacial score (nSPS) is 25.2. The van der Waals surface area contributed by atoms with Crippen LogP contribution in [-0.4, -0.2) is 34.2 Å². The second-order valence-corrected chi connectivity index (χ2v) is 6.83. The Kier molecular flexibility index (Phi) is 4.89. The zero-order chi connectivity index (χ0) is 17.2. The van der Waals surface area contributed by atoms with E-state index in [4.69, 9.17) is 4.74 Å². The third kappa shape index (κ3) is 3.17. The predicted octanol–water partition coefficient (Wildman–Crippen LogP) is 0.781. The number of hydrogen-bond acceptors (Lipinski definition) is 4. The largest absolute Gasteiger partial charge is 0.378 e. The molecule has 1 amide bonds. The first-order chi connectivity index (χ1) is 11.5. The molecule has 0 aromatic carbocycles. The number of amides is 1. The van der Waals surface area contributed by atoms with E-state index >= 15 is 0 Å². The van der Waals surface area contributed by atoms with Crippen molar-refractivity contribution in [1.29, 1.82) is 0 Å². The lowest BCUT2D eigenvalue weighted by Crippen LogP contribution is -2.65. The van der Waals surface area contributed by atoms with Crippen molar-refractivity contribution in [3.63, 3.8) is 0 Å². The molecule has 2 saturated carbocycles. The molecule has 1 spiro atoms. The first kappa shape index (κ1) is 17.0. The molecule has 2 atom stereocenters. The van der Waals surface area contributed by atoms with E-state index in [1.165, 1.54) is 36.1 Å². The summed E-state index contributed by atoms with van der Waals surface area (Å²) < 4.78 is 7.10. The van der Waals surface area contributed by atoms with E-state index in [1.807, 2.05) is 6.92 Å². The summed E-state index contributed by atoms with van der Waals surface area (Å²) in [6, 6.07) is 1.35. The average molecular weight is 335 g/mol. The number of aromatic nitrogens is 2. The fraction of sp³-hybridized carbons (Fsp3) is 0.706. The van der Waals surface area contributed by atoms with Crippen molar-refractivity contribution in [3.8, 4) is 0 Å². The van der Waals surface area contributed by atoms with Gasteiger partial charge in [-0.25, -0.2) is 4.79 Å². The van der Waals surface area contributed by atoms with Crippen molar-refractivity contribution in [2.75, 3.05) is 6.61 Å². The minimum absolute atomic E-state index is 0.0554. The third-order valence-corrected chi connectivity index (χ3v) is 5.48. The van der Waals surface area contributed by atoms with Gasteiger partial charge in [0.05, 0.1) is 6.10 Å². The highest BCUT2D eigenvalue weighted by Gasteiger charge is 2.56. The van der Waals surface area contributed by atoms with Gasteiger partial charge in [0.1, 0.15) is 6.54 Å². The number of aromatic amines is 1. The second-order valence-electron chi connectivity index (χ2n) is 6.83. The van der Waals surface area contributed by atoms with Crippen LogP contribution in [0.1, 0.15) is 45.4 Å². The predicted molar refractivity (Wildman–Crippen MR) is 88.8 cm³/mol. The number of nitrogens with zero attached hydrogens (tertiary/aromatic N) is 1. The maximum absolute atomic E-state index is 12.3. The molecule has 1 aromatic heterocycles. The Labute approximate surface area is 140 Å². The minimum Gasteiger partial charge on any atom is -0.378 e. The minimum atomic E-state index is -0.564. The molecular weight excluding hydrogens is 310 g/mol. The van der Waals surface area contributed by atoms with Crippen LogP contribution in [-0.2, 0) is 16.1 Å². The topological polar surface area (TPSA) is 93.2 Å². The smallest absolute Gasteiger partial charge is 0.328 e. The fourth-order valence-corrected chi connectivity index (χ4v) is 4.23. The van der Waals surface area contributed by atoms with Crippen molar-refractivity contribution in [1.82, 2.24) is 14.9 Å². The number of carbonyl (C=O) groups is 1. The van der Waals surface area contributed by atoms with Crippen LogP contribution in [0.2, 0.25) is 0 Å². The van der Waals surface area contributed by atoms with Gasteiger partial charge >= 0.3 is 5.69 Å². The first-order valence-electron chi connectivity index (χ1n) is 8.76. The highest BCUT2D eigenvalue weighted by Crippen LogP contribution is 2.53. The molecule has 0 aliphatic heterocycles. The van der Waals surface area contributed by atoms with E-state index in [0.717, 1.165) is 19.3 Å². The van der Waals surface area contributed by atoms with Gasteiger partial charge in [-0.15, -0.1) is 0 Å². The number of hydrogen-bond donors (Lipinski definition) is 2. The van der Waals surface area contributed by atoms with Gasteiger partial charge in [0.15, 0.2) is 0 Å². The summed E-state index contributed by atoms with van der Waals surface area (Å²) in [5.74, 6) is -0.200. The lowest BCUT2D eigenvalue weighted by Gasteiger charge is -2.57. The number of carbonyl (C=O) groups excluding carboxylic acids is 1. The monoisotopic (exact) mass is 335 g/mol. The molecule has 1 aromatic rings. The quantitative estimate of drug-likeness (QED) is 0.831. The lowest BCUT2D eigenvalue weighted by molar-refractivity contribution is -0.157. The molecule has 7 nitrogen and oxygen atoms in total. The van der Waals surface area contributed by atoms with Crippen LogP contribution in [0.3, 0.4) is 0 Å². The van der Waals surface area contributed by atoms with Gasteiger partial charge < -0.3 is 10.1 Å². The summed E-state index contributed by atoms with van der Waals surface area (Å²) in [4.78, 5) is 37.3. The Hall–Kier alpha value is -1.89. The van der Waals surface area contributed by atoms with Gasteiger partial charge in [-0.2, -0.15) is 0 Å². The highest BCUT2D eigenvalue weighted by molar-refractivity contribution is 5.76. The van der Waals surface area contributed by atoms with Gasteiger partial charge in [-0.3, -0.25) is 19.1 Å². The summed E-state index contributed by atoms with van der Waals surface area (Å²) in [5, 5.41) is 3.08. The van der Waals surface area contributed by atoms with Gasteiger partial charge in [-0.05, 0) is 26.2 Å². The summed E-state index contributed by atoms with van der Waals surface area (Å²) in [5.41, 5.74) is -0.970. The molecule has 7 heteroatoms. The molecule has 0 saturated heterocycles. The van der Waals surface area contributed by atoms with Crippen LogP contribution in [0.25, 0.3) is 0 Å². The van der Waals surface area contributed by atoms with E-state index in [1.54, 1.807) is 0 Å². The second kappa shape index (κ2) is 6.93. The average Bonchev–Trinajstić information content (AvgIpc) is 2.57. The SMILES string of the molecule is CCO[C@@H]1C[C@@H](NC(=O)Cn2ccc(=O)[nH]c2=O)C12CCCCC2. The summed E-state index contributed by atoms with van der Waals surface area (Å²) in [6.45, 7) is 2.62. The van der Waals surface area contributed by atoms with Crippen molar-refractivity contribution in [2.24, 2.45) is 5.41 Å². The van der Waals surface area contributed by atoms with Crippen molar-refractivity contribution in [2.45, 2.75) is 64.1 Å². The van der Waals surface area contributed by atoms with E-state index in [-0.39, 0.29) is 30.0 Å². The van der Waals surface area contributed by atoms with Crippen LogP contribution >= 0.6 is 0 Å². The zero-order valence-electron chi connectivity index (χ0n) is 14.0. The number of ether oxygens (including phenoxy) is 1. The Bertz CT molecular complexity index is 702. The van der Waals surface area contributed by atoms with Crippen LogP contribution in [0.5, 0.6) is 0 Å². The van der Waals surface area contributed by atoms with E-state index in [2.05, 4.69) is 10.3 Å². The van der Waals surface area contributed by atoms with Crippen LogP contribution in [0.4, 0.5) is 0 Å². The van der Waals surface area contributed by atoms with Crippen molar-refractivity contribution < 1.29 is 9.53 Å². The number of nitrogens with one attached hydrogen (secondary N) is 2. The molecule has 2 fully saturated rings. The molecule has 1 heterocycles. The highest BCUT2D eigenvalue weighted by atomic mass is 16.5. The van der Waals surface area contributed by atoms with Crippen molar-refractivity contribution >= 4 is 5.91 Å². The molecule has 0 radical (unpaired) electrons. The molecule has 132 valence electrons. The summed E-state index contributed by atoms with van der Waals surface area (Å²) in [6.07, 6.45) is 8.17. The summed E-state index contributed by atoms with van der Waals surface area (Å²) >= 11 is 0. The number of rotatable bonds is 5. The molecule has 0 bridgehead atoms. The fourth-order valence-electron chi connectivity index (χ4n) is 4.23. The standard InChI is InChI=1S/C17H25N3O4/c1-2-24-13-10-12(17(13)7-4-3-5-8-17)18-15(22)11-20-9-6-14(21)19-16(20)23/h6,9,12-13H,2-5,7-8,10-11H2,1H3,(H,18,22)(H,19,21,23)/t12-,13-/m1/s1. The maximum atomic E-state index is 12.3. The van der Waals surface area contributed by atoms with E-state index in [0.29, 0.717) is 6.61 Å². The van der Waals surface area contributed by atoms with Gasteiger partial charge in [0.2, 0.25) is 5.91 Å². The van der Waals surface area contributed by atoms with Crippen molar-refractivity contribution in [3.05, 3.63) is 33.1 Å². The van der Waals surface area contributed by atoms with E-state index < -0.39 is 11.2 Å². The van der Waals surface area contributed by atoms with Crippen LogP contribution in [0.15, 0.2) is 21.9 Å².